The van der Waals surface area contributed by atoms with Gasteiger partial charge in [0.1, 0.15) is 0 Å². The Morgan fingerprint density at radius 2 is 2.40 bits per heavy atom. The van der Waals surface area contributed by atoms with Crippen LogP contribution in [0.4, 0.5) is 0 Å². The molecule has 0 unspecified atom stereocenters. The van der Waals surface area contributed by atoms with Crippen molar-refractivity contribution in [1.82, 2.24) is 0 Å². The highest BCUT2D eigenvalue weighted by molar-refractivity contribution is 5.83. The van der Waals surface area contributed by atoms with Crippen molar-refractivity contribution in [2.75, 3.05) is 6.67 Å². The molecule has 4 nitrogen and oxygen atoms in total. The summed E-state index contributed by atoms with van der Waals surface area (Å²) in [6, 6.07) is 0. The van der Waals surface area contributed by atoms with Crippen LogP contribution in [0, 0.1) is 0 Å². The molecule has 0 amide bonds. The molecule has 0 saturated heterocycles. The summed E-state index contributed by atoms with van der Waals surface area (Å²) in [6.45, 7) is 4.08. The Morgan fingerprint density at radius 3 is 3.30 bits per heavy atom. The summed E-state index contributed by atoms with van der Waals surface area (Å²) < 4.78 is 0. The van der Waals surface area contributed by atoms with Crippen LogP contribution >= 0.6 is 0 Å². The third-order valence-electron chi connectivity index (χ3n) is 0.983. The maximum absolute atomic E-state index is 3.92. The topological polar surface area (TPSA) is 49.4 Å². The Balaban J connectivity index is 2.62. The van der Waals surface area contributed by atoms with E-state index in [-0.39, 0.29) is 0 Å². The van der Waals surface area contributed by atoms with Gasteiger partial charge in [-0.2, -0.15) is 0 Å². The molecule has 0 aromatic heterocycles. The minimum Gasteiger partial charge on any atom is -0.272 e. The maximum atomic E-state index is 3.92. The van der Waals surface area contributed by atoms with Crippen LogP contribution in [0.2, 0.25) is 0 Å². The number of rotatable bonds is 0. The number of hydrogen-bond donors (Lipinski definition) is 0. The van der Waals surface area contributed by atoms with Gasteiger partial charge in [-0.1, -0.05) is 6.58 Å². The summed E-state index contributed by atoms with van der Waals surface area (Å²) in [5, 5.41) is 10.7. The summed E-state index contributed by atoms with van der Waals surface area (Å²) in [7, 11) is 0. The van der Waals surface area contributed by atoms with E-state index in [4.69, 9.17) is 0 Å². The first kappa shape index (κ1) is 6.80. The SMILES string of the molecule is C=C1/C=N\N=N/C/N=C\C1. The highest BCUT2D eigenvalue weighted by Gasteiger charge is 1.86. The Labute approximate surface area is 59.1 Å². The van der Waals surface area contributed by atoms with Gasteiger partial charge in [-0.15, -0.1) is 10.2 Å². The summed E-state index contributed by atoms with van der Waals surface area (Å²) in [5.74, 6) is 0. The highest BCUT2D eigenvalue weighted by atomic mass is 15.4. The molecule has 1 aliphatic rings. The predicted octanol–water partition coefficient (Wildman–Crippen LogP) is 1.41. The fourth-order valence-corrected chi connectivity index (χ4v) is 0.501. The van der Waals surface area contributed by atoms with E-state index in [0.29, 0.717) is 6.67 Å². The van der Waals surface area contributed by atoms with Gasteiger partial charge in [-0.05, 0) is 10.8 Å². The second-order valence-corrected chi connectivity index (χ2v) is 1.84. The van der Waals surface area contributed by atoms with Gasteiger partial charge < -0.3 is 0 Å². The van der Waals surface area contributed by atoms with E-state index in [1.54, 1.807) is 12.4 Å². The fraction of sp³-hybridized carbons (Fsp3) is 0.333. The molecule has 0 fully saturated rings. The van der Waals surface area contributed by atoms with Crippen molar-refractivity contribution in [1.29, 1.82) is 0 Å². The molecule has 0 N–H and O–H groups in total. The molecule has 1 aliphatic heterocycles. The fourth-order valence-electron chi connectivity index (χ4n) is 0.501. The van der Waals surface area contributed by atoms with Gasteiger partial charge in [-0.25, -0.2) is 0 Å². The summed E-state index contributed by atoms with van der Waals surface area (Å²) in [5.41, 5.74) is 0.893. The molecule has 4 heteroatoms. The zero-order valence-corrected chi connectivity index (χ0v) is 5.56. The zero-order chi connectivity index (χ0) is 7.23. The zero-order valence-electron chi connectivity index (χ0n) is 5.56. The molecule has 52 valence electrons. The second-order valence-electron chi connectivity index (χ2n) is 1.84. The van der Waals surface area contributed by atoms with Crippen LogP contribution in [-0.4, -0.2) is 19.1 Å². The maximum Gasteiger partial charge on any atom is 0.151 e. The van der Waals surface area contributed by atoms with Gasteiger partial charge in [0.2, 0.25) is 0 Å². The van der Waals surface area contributed by atoms with E-state index < -0.39 is 0 Å². The number of hydrogen-bond acceptors (Lipinski definition) is 4. The summed E-state index contributed by atoms with van der Waals surface area (Å²) >= 11 is 0. The Bertz CT molecular complexity index is 202. The average molecular weight is 136 g/mol. The number of nitrogens with zero attached hydrogens (tertiary/aromatic N) is 4. The van der Waals surface area contributed by atoms with Crippen molar-refractivity contribution in [2.24, 2.45) is 20.4 Å². The molecule has 1 heterocycles. The largest absolute Gasteiger partial charge is 0.272 e. The molecule has 0 radical (unpaired) electrons. The molecule has 1 rings (SSSR count). The third-order valence-corrected chi connectivity index (χ3v) is 0.983. The quantitative estimate of drug-likeness (QED) is 0.483. The molecular weight excluding hydrogens is 128 g/mol. The van der Waals surface area contributed by atoms with Gasteiger partial charge >= 0.3 is 0 Å². The average Bonchev–Trinajstić information content (AvgIpc) is 2.02. The molecule has 0 bridgehead atoms. The normalized spacial score (nSPS) is 27.8. The smallest absolute Gasteiger partial charge is 0.151 e. The van der Waals surface area contributed by atoms with E-state index in [1.165, 1.54) is 0 Å². The van der Waals surface area contributed by atoms with Gasteiger partial charge in [0.15, 0.2) is 6.67 Å². The Morgan fingerprint density at radius 1 is 1.50 bits per heavy atom. The van der Waals surface area contributed by atoms with Crippen molar-refractivity contribution in [3.63, 3.8) is 0 Å². The summed E-state index contributed by atoms with van der Waals surface area (Å²) in [6.07, 6.45) is 4.08. The van der Waals surface area contributed by atoms with Crippen LogP contribution in [0.5, 0.6) is 0 Å². The van der Waals surface area contributed by atoms with E-state index >= 15 is 0 Å². The van der Waals surface area contributed by atoms with Crippen molar-refractivity contribution in [2.45, 2.75) is 6.42 Å². The lowest BCUT2D eigenvalue weighted by Gasteiger charge is -1.86. The number of allylic oxidation sites excluding steroid dienone is 1. The van der Waals surface area contributed by atoms with Gasteiger partial charge in [-0.3, -0.25) is 4.99 Å². The van der Waals surface area contributed by atoms with Crippen LogP contribution in [0.25, 0.3) is 0 Å². The lowest BCUT2D eigenvalue weighted by molar-refractivity contribution is 0.910. The molecule has 0 aromatic carbocycles. The minimum absolute atomic E-state index is 0.366. The van der Waals surface area contributed by atoms with E-state index in [9.17, 15) is 0 Å². The van der Waals surface area contributed by atoms with E-state index in [2.05, 4.69) is 27.0 Å². The Kier molecular flexibility index (Phi) is 2.49. The first-order valence-corrected chi connectivity index (χ1v) is 2.95. The van der Waals surface area contributed by atoms with Crippen LogP contribution in [-0.2, 0) is 0 Å². The monoisotopic (exact) mass is 136 g/mol. The van der Waals surface area contributed by atoms with Crippen molar-refractivity contribution >= 4 is 12.4 Å². The minimum atomic E-state index is 0.366. The van der Waals surface area contributed by atoms with Gasteiger partial charge in [0, 0.05) is 12.6 Å². The summed E-state index contributed by atoms with van der Waals surface area (Å²) in [4.78, 5) is 3.92. The first-order valence-electron chi connectivity index (χ1n) is 2.95. The van der Waals surface area contributed by atoms with Crippen molar-refractivity contribution in [3.05, 3.63) is 12.2 Å². The Hall–Kier alpha value is -1.32. The van der Waals surface area contributed by atoms with Crippen LogP contribution < -0.4 is 0 Å². The van der Waals surface area contributed by atoms with Crippen LogP contribution in [0.1, 0.15) is 6.42 Å². The van der Waals surface area contributed by atoms with Crippen molar-refractivity contribution in [3.8, 4) is 0 Å². The van der Waals surface area contributed by atoms with Crippen LogP contribution in [0.15, 0.2) is 32.6 Å². The first-order chi connectivity index (χ1) is 4.89. The molecule has 0 aromatic rings. The van der Waals surface area contributed by atoms with E-state index in [0.717, 1.165) is 12.0 Å². The lowest BCUT2D eigenvalue weighted by atomic mass is 10.2. The highest BCUT2D eigenvalue weighted by Crippen LogP contribution is 1.93. The second kappa shape index (κ2) is 3.66. The van der Waals surface area contributed by atoms with Gasteiger partial charge in [0.25, 0.3) is 0 Å². The molecule has 0 spiro atoms. The predicted molar refractivity (Wildman–Crippen MR) is 40.5 cm³/mol. The van der Waals surface area contributed by atoms with E-state index in [1.807, 2.05) is 0 Å². The van der Waals surface area contributed by atoms with Crippen LogP contribution in [0.3, 0.4) is 0 Å². The lowest BCUT2D eigenvalue weighted by Crippen LogP contribution is -1.82. The standard InChI is InChI=1S/C6H8N4/c1-6-2-3-7-5-9-10-8-4-6/h3-4H,1-2,5H2/b7-3-,8-4-,10-9-. The van der Waals surface area contributed by atoms with Gasteiger partial charge in [0.05, 0.1) is 6.21 Å². The molecule has 0 saturated carbocycles. The third kappa shape index (κ3) is 2.30. The molecular formula is C6H8N4. The molecule has 10 heavy (non-hydrogen) atoms. The molecule has 0 atom stereocenters. The van der Waals surface area contributed by atoms with Crippen molar-refractivity contribution < 1.29 is 0 Å². The number of aliphatic imine (C=N–C) groups is 1. The molecule has 0 aliphatic carbocycles.